The minimum absolute atomic E-state index is 0.172. The Kier molecular flexibility index (Phi) is 3.06. The van der Waals surface area contributed by atoms with Gasteiger partial charge in [-0.15, -0.1) is 0 Å². The molecule has 0 bridgehead atoms. The van der Waals surface area contributed by atoms with Crippen molar-refractivity contribution >= 4 is 5.65 Å². The van der Waals surface area contributed by atoms with E-state index in [9.17, 15) is 5.11 Å². The lowest BCUT2D eigenvalue weighted by molar-refractivity contribution is 0.103. The van der Waals surface area contributed by atoms with Crippen molar-refractivity contribution in [1.82, 2.24) is 14.3 Å². The van der Waals surface area contributed by atoms with Gasteiger partial charge < -0.3 is 9.51 Å². The Bertz CT molecular complexity index is 533. The summed E-state index contributed by atoms with van der Waals surface area (Å²) in [5, 5.41) is 9.94. The van der Waals surface area contributed by atoms with E-state index in [0.29, 0.717) is 5.92 Å². The number of imidazole rings is 1. The highest BCUT2D eigenvalue weighted by molar-refractivity contribution is 5.39. The van der Waals surface area contributed by atoms with Crippen LogP contribution in [0.25, 0.3) is 5.65 Å². The number of hydrogen-bond donors (Lipinski definition) is 1. The van der Waals surface area contributed by atoms with Crippen LogP contribution in [0.4, 0.5) is 0 Å². The summed E-state index contributed by atoms with van der Waals surface area (Å²) in [5.74, 6) is 0.537. The van der Waals surface area contributed by atoms with Gasteiger partial charge in [0.1, 0.15) is 5.65 Å². The van der Waals surface area contributed by atoms with Gasteiger partial charge in [0.2, 0.25) is 0 Å². The van der Waals surface area contributed by atoms with Crippen molar-refractivity contribution in [1.29, 1.82) is 0 Å². The van der Waals surface area contributed by atoms with Gasteiger partial charge in [0.15, 0.2) is 0 Å². The molecule has 1 aliphatic rings. The van der Waals surface area contributed by atoms with E-state index >= 15 is 0 Å². The van der Waals surface area contributed by atoms with Crippen LogP contribution in [0.3, 0.4) is 0 Å². The van der Waals surface area contributed by atoms with E-state index in [2.05, 4.69) is 14.3 Å². The average molecular weight is 245 g/mol. The molecule has 0 spiro atoms. The second kappa shape index (κ2) is 4.71. The fourth-order valence-corrected chi connectivity index (χ4v) is 2.39. The molecule has 0 aromatic carbocycles. The summed E-state index contributed by atoms with van der Waals surface area (Å²) in [7, 11) is 2.05. The van der Waals surface area contributed by atoms with Crippen molar-refractivity contribution in [2.24, 2.45) is 5.92 Å². The van der Waals surface area contributed by atoms with E-state index in [-0.39, 0.29) is 6.10 Å². The van der Waals surface area contributed by atoms with E-state index in [0.717, 1.165) is 24.4 Å². The summed E-state index contributed by atoms with van der Waals surface area (Å²) in [5.41, 5.74) is 2.14. The fraction of sp³-hybridized carbons (Fsp3) is 0.500. The van der Waals surface area contributed by atoms with Gasteiger partial charge in [-0.2, -0.15) is 0 Å². The van der Waals surface area contributed by atoms with Crippen molar-refractivity contribution in [2.45, 2.75) is 25.5 Å². The maximum absolute atomic E-state index is 9.94. The lowest BCUT2D eigenvalue weighted by Gasteiger charge is -2.20. The number of nitrogens with zero attached hydrogens (tertiary/aromatic N) is 3. The summed E-state index contributed by atoms with van der Waals surface area (Å²) < 4.78 is 2.10. The number of aliphatic hydroxyl groups is 1. The number of aliphatic hydroxyl groups excluding tert-OH is 1. The van der Waals surface area contributed by atoms with Crippen LogP contribution in [0, 0.1) is 5.92 Å². The first-order chi connectivity index (χ1) is 8.74. The zero-order valence-corrected chi connectivity index (χ0v) is 10.7. The molecule has 1 atom stereocenters. The molecule has 0 aliphatic heterocycles. The van der Waals surface area contributed by atoms with Crippen LogP contribution in [0.5, 0.6) is 0 Å². The molecule has 1 N–H and O–H groups in total. The number of pyridine rings is 1. The first-order valence-electron chi connectivity index (χ1n) is 6.51. The molecule has 0 amide bonds. The van der Waals surface area contributed by atoms with Crippen molar-refractivity contribution in [3.8, 4) is 0 Å². The van der Waals surface area contributed by atoms with E-state index in [4.69, 9.17) is 0 Å². The normalized spacial score (nSPS) is 17.5. The lowest BCUT2D eigenvalue weighted by atomic mass is 10.2. The van der Waals surface area contributed by atoms with Crippen LogP contribution in [-0.2, 0) is 6.54 Å². The van der Waals surface area contributed by atoms with Crippen LogP contribution in [0.2, 0.25) is 0 Å². The van der Waals surface area contributed by atoms with Gasteiger partial charge >= 0.3 is 0 Å². The second-order valence-electron chi connectivity index (χ2n) is 5.28. The SMILES string of the molecule is CN(Cc1cnc2ccccn12)CC(O)C1CC1. The van der Waals surface area contributed by atoms with Crippen LogP contribution in [0.1, 0.15) is 18.5 Å². The third-order valence-corrected chi connectivity index (χ3v) is 3.59. The molecule has 4 nitrogen and oxygen atoms in total. The van der Waals surface area contributed by atoms with Crippen molar-refractivity contribution in [3.05, 3.63) is 36.3 Å². The Labute approximate surface area is 107 Å². The van der Waals surface area contributed by atoms with Gasteiger partial charge in [-0.25, -0.2) is 4.98 Å². The van der Waals surface area contributed by atoms with Crippen LogP contribution in [0.15, 0.2) is 30.6 Å². The van der Waals surface area contributed by atoms with E-state index in [1.54, 1.807) is 0 Å². The molecule has 0 radical (unpaired) electrons. The zero-order valence-electron chi connectivity index (χ0n) is 10.7. The molecular weight excluding hydrogens is 226 g/mol. The summed E-state index contributed by atoms with van der Waals surface area (Å²) >= 11 is 0. The topological polar surface area (TPSA) is 40.8 Å². The zero-order chi connectivity index (χ0) is 12.5. The second-order valence-corrected chi connectivity index (χ2v) is 5.28. The molecule has 18 heavy (non-hydrogen) atoms. The van der Waals surface area contributed by atoms with E-state index < -0.39 is 0 Å². The van der Waals surface area contributed by atoms with E-state index in [1.165, 1.54) is 12.8 Å². The number of likely N-dealkylation sites (N-methyl/N-ethyl adjacent to an activating group) is 1. The summed E-state index contributed by atoms with van der Waals surface area (Å²) in [6.45, 7) is 1.56. The van der Waals surface area contributed by atoms with Gasteiger partial charge in [0, 0.05) is 19.3 Å². The van der Waals surface area contributed by atoms with Gasteiger partial charge in [-0.05, 0) is 37.9 Å². The van der Waals surface area contributed by atoms with Gasteiger partial charge in [0.05, 0.1) is 18.0 Å². The Hall–Kier alpha value is -1.39. The molecule has 4 heteroatoms. The number of hydrogen-bond acceptors (Lipinski definition) is 3. The summed E-state index contributed by atoms with van der Waals surface area (Å²) in [6, 6.07) is 6.01. The number of rotatable bonds is 5. The highest BCUT2D eigenvalue weighted by Crippen LogP contribution is 2.32. The average Bonchev–Trinajstić information content (AvgIpc) is 3.14. The standard InChI is InChI=1S/C14H19N3O/c1-16(10-13(18)11-5-6-11)9-12-8-15-14-4-2-3-7-17(12)14/h2-4,7-8,11,13,18H,5-6,9-10H2,1H3. The Morgan fingerprint density at radius 1 is 1.50 bits per heavy atom. The van der Waals surface area contributed by atoms with Crippen molar-refractivity contribution < 1.29 is 5.11 Å². The Balaban J connectivity index is 1.67. The molecular formula is C14H19N3O. The first kappa shape index (κ1) is 11.7. The largest absolute Gasteiger partial charge is 0.392 e. The van der Waals surface area contributed by atoms with Crippen molar-refractivity contribution in [3.63, 3.8) is 0 Å². The van der Waals surface area contributed by atoms with E-state index in [1.807, 2.05) is 37.6 Å². The minimum atomic E-state index is -0.172. The van der Waals surface area contributed by atoms with Gasteiger partial charge in [-0.3, -0.25) is 4.90 Å². The highest BCUT2D eigenvalue weighted by Gasteiger charge is 2.30. The molecule has 0 saturated heterocycles. The van der Waals surface area contributed by atoms with Crippen LogP contribution >= 0.6 is 0 Å². The fourth-order valence-electron chi connectivity index (χ4n) is 2.39. The molecule has 2 aromatic rings. The molecule has 1 aliphatic carbocycles. The molecule has 96 valence electrons. The maximum atomic E-state index is 9.94. The minimum Gasteiger partial charge on any atom is -0.392 e. The lowest BCUT2D eigenvalue weighted by Crippen LogP contribution is -2.30. The monoisotopic (exact) mass is 245 g/mol. The number of fused-ring (bicyclic) bond motifs is 1. The Morgan fingerprint density at radius 2 is 2.33 bits per heavy atom. The first-order valence-corrected chi connectivity index (χ1v) is 6.51. The third kappa shape index (κ3) is 2.40. The van der Waals surface area contributed by atoms with Gasteiger partial charge in [0.25, 0.3) is 0 Å². The Morgan fingerprint density at radius 3 is 3.11 bits per heavy atom. The van der Waals surface area contributed by atoms with Gasteiger partial charge in [-0.1, -0.05) is 6.07 Å². The quantitative estimate of drug-likeness (QED) is 0.868. The highest BCUT2D eigenvalue weighted by atomic mass is 16.3. The molecule has 3 rings (SSSR count). The number of aromatic nitrogens is 2. The predicted molar refractivity (Wildman–Crippen MR) is 70.3 cm³/mol. The molecule has 1 unspecified atom stereocenters. The van der Waals surface area contributed by atoms with Crippen LogP contribution < -0.4 is 0 Å². The molecule has 1 saturated carbocycles. The third-order valence-electron chi connectivity index (χ3n) is 3.59. The summed E-state index contributed by atoms with van der Waals surface area (Å²) in [4.78, 5) is 6.54. The molecule has 2 heterocycles. The smallest absolute Gasteiger partial charge is 0.136 e. The van der Waals surface area contributed by atoms with Crippen LogP contribution in [-0.4, -0.2) is 39.1 Å². The van der Waals surface area contributed by atoms with Crippen molar-refractivity contribution in [2.75, 3.05) is 13.6 Å². The molecule has 2 aromatic heterocycles. The summed E-state index contributed by atoms with van der Waals surface area (Å²) in [6.07, 6.45) is 6.14. The maximum Gasteiger partial charge on any atom is 0.136 e. The molecule has 1 fully saturated rings. The predicted octanol–water partition coefficient (Wildman–Crippen LogP) is 1.54.